The maximum absolute atomic E-state index is 13.7. The van der Waals surface area contributed by atoms with E-state index in [0.29, 0.717) is 24.4 Å². The van der Waals surface area contributed by atoms with Crippen LogP contribution in [-0.2, 0) is 13.1 Å². The van der Waals surface area contributed by atoms with Crippen LogP contribution in [0.4, 0.5) is 15.9 Å². The van der Waals surface area contributed by atoms with Crippen LogP contribution in [0.15, 0.2) is 47.4 Å². The van der Waals surface area contributed by atoms with Crippen LogP contribution >= 0.6 is 0 Å². The molecule has 2 aromatic carbocycles. The Bertz CT molecular complexity index is 1180. The van der Waals surface area contributed by atoms with E-state index in [4.69, 9.17) is 0 Å². The van der Waals surface area contributed by atoms with Crippen LogP contribution in [0, 0.1) is 5.82 Å². The number of fused-ring (bicyclic) bond motifs is 2. The lowest BCUT2D eigenvalue weighted by molar-refractivity contribution is 0.636. The first-order chi connectivity index (χ1) is 12.6. The summed E-state index contributed by atoms with van der Waals surface area (Å²) in [5.74, 6) is 0.124. The highest BCUT2D eigenvalue weighted by molar-refractivity contribution is 5.82. The number of hydrogen-bond acceptors (Lipinski definition) is 4. The molecule has 0 radical (unpaired) electrons. The summed E-state index contributed by atoms with van der Waals surface area (Å²) in [5.41, 5.74) is 3.27. The number of aryl methyl sites for hydroxylation is 2. The third kappa shape index (κ3) is 2.52. The molecule has 0 spiro atoms. The minimum absolute atomic E-state index is 0.0110. The van der Waals surface area contributed by atoms with E-state index in [9.17, 15) is 9.18 Å². The summed E-state index contributed by atoms with van der Waals surface area (Å²) >= 11 is 0. The maximum atomic E-state index is 13.7. The van der Waals surface area contributed by atoms with Crippen LogP contribution < -0.4 is 11.0 Å². The molecule has 0 atom stereocenters. The summed E-state index contributed by atoms with van der Waals surface area (Å²) in [4.78, 5) is 21.0. The predicted octanol–water partition coefficient (Wildman–Crippen LogP) is 3.67. The van der Waals surface area contributed by atoms with Gasteiger partial charge in [0.1, 0.15) is 11.3 Å². The van der Waals surface area contributed by atoms with Crippen LogP contribution in [0.1, 0.15) is 13.8 Å². The second kappa shape index (κ2) is 6.25. The van der Waals surface area contributed by atoms with E-state index in [0.717, 1.165) is 16.7 Å². The number of benzene rings is 2. The van der Waals surface area contributed by atoms with Gasteiger partial charge in [-0.25, -0.2) is 19.2 Å². The number of aromatic nitrogens is 4. The van der Waals surface area contributed by atoms with Crippen LogP contribution in [0.25, 0.3) is 22.1 Å². The van der Waals surface area contributed by atoms with E-state index >= 15 is 0 Å². The van der Waals surface area contributed by atoms with Gasteiger partial charge in [-0.3, -0.25) is 9.13 Å². The van der Waals surface area contributed by atoms with Crippen molar-refractivity contribution in [1.82, 2.24) is 19.1 Å². The molecule has 4 rings (SSSR count). The van der Waals surface area contributed by atoms with Gasteiger partial charge in [-0.15, -0.1) is 0 Å². The Morgan fingerprint density at radius 2 is 1.85 bits per heavy atom. The molecule has 2 aromatic heterocycles. The van der Waals surface area contributed by atoms with Crippen molar-refractivity contribution >= 4 is 33.6 Å². The molecule has 0 amide bonds. The fourth-order valence-corrected chi connectivity index (χ4v) is 3.22. The van der Waals surface area contributed by atoms with Crippen molar-refractivity contribution in [2.45, 2.75) is 26.9 Å². The Morgan fingerprint density at radius 1 is 1.08 bits per heavy atom. The average Bonchev–Trinajstić information content (AvgIpc) is 2.91. The molecule has 0 fully saturated rings. The molecule has 0 aliphatic heterocycles. The molecule has 0 aliphatic rings. The molecule has 7 heteroatoms. The predicted molar refractivity (Wildman–Crippen MR) is 100 cm³/mol. The van der Waals surface area contributed by atoms with Crippen molar-refractivity contribution in [2.24, 2.45) is 0 Å². The smallest absolute Gasteiger partial charge is 0.329 e. The lowest BCUT2D eigenvalue weighted by atomic mass is 10.2. The number of rotatable bonds is 4. The summed E-state index contributed by atoms with van der Waals surface area (Å²) in [6.45, 7) is 5.12. The van der Waals surface area contributed by atoms with E-state index < -0.39 is 5.82 Å². The number of nitrogens with one attached hydrogen (secondary N) is 1. The molecular formula is C19H18FN5O. The van der Waals surface area contributed by atoms with Gasteiger partial charge in [0.15, 0.2) is 5.82 Å². The third-order valence-electron chi connectivity index (χ3n) is 4.45. The first-order valence-corrected chi connectivity index (χ1v) is 8.53. The van der Waals surface area contributed by atoms with Gasteiger partial charge in [0.25, 0.3) is 0 Å². The quantitative estimate of drug-likeness (QED) is 0.609. The molecule has 26 heavy (non-hydrogen) atoms. The molecule has 132 valence electrons. The zero-order chi connectivity index (χ0) is 18.3. The van der Waals surface area contributed by atoms with Crippen molar-refractivity contribution < 1.29 is 4.39 Å². The first kappa shape index (κ1) is 16.3. The third-order valence-corrected chi connectivity index (χ3v) is 4.45. The van der Waals surface area contributed by atoms with Gasteiger partial charge in [-0.05, 0) is 44.2 Å². The summed E-state index contributed by atoms with van der Waals surface area (Å²) in [6, 6.07) is 10.4. The summed E-state index contributed by atoms with van der Waals surface area (Å²) in [5, 5.41) is 3.19. The van der Waals surface area contributed by atoms with Crippen molar-refractivity contribution in [1.29, 1.82) is 0 Å². The molecule has 6 nitrogen and oxygen atoms in total. The molecular weight excluding hydrogens is 333 g/mol. The molecule has 0 unspecified atom stereocenters. The van der Waals surface area contributed by atoms with Crippen molar-refractivity contribution in [3.63, 3.8) is 0 Å². The number of halogens is 1. The monoisotopic (exact) mass is 351 g/mol. The lowest BCUT2D eigenvalue weighted by Crippen LogP contribution is -2.23. The molecule has 1 N–H and O–H groups in total. The lowest BCUT2D eigenvalue weighted by Gasteiger charge is -2.08. The highest BCUT2D eigenvalue weighted by Crippen LogP contribution is 2.22. The SMILES string of the molecule is CCn1c(=O)n(CC)c2cc(Nc3cnc4c(F)cccc4n3)ccc21. The maximum Gasteiger partial charge on any atom is 0.329 e. The number of para-hydroxylation sites is 1. The highest BCUT2D eigenvalue weighted by Gasteiger charge is 2.12. The number of nitrogens with zero attached hydrogens (tertiary/aromatic N) is 4. The largest absolute Gasteiger partial charge is 0.339 e. The van der Waals surface area contributed by atoms with Gasteiger partial charge in [0, 0.05) is 18.8 Å². The molecule has 2 heterocycles. The van der Waals surface area contributed by atoms with E-state index in [2.05, 4.69) is 15.3 Å². The molecule has 0 saturated heterocycles. The standard InChI is InChI=1S/C19H18FN5O/c1-3-24-15-9-8-12(10-16(15)25(4-2)19(24)26)22-17-11-21-18-13(20)6-5-7-14(18)23-17/h5-11H,3-4H2,1-2H3,(H,22,23). The van der Waals surface area contributed by atoms with Crippen LogP contribution in [-0.4, -0.2) is 19.1 Å². The number of imidazole rings is 1. The van der Waals surface area contributed by atoms with Crippen LogP contribution in [0.5, 0.6) is 0 Å². The summed E-state index contributed by atoms with van der Waals surface area (Å²) < 4.78 is 17.2. The molecule has 4 aromatic rings. The first-order valence-electron chi connectivity index (χ1n) is 8.53. The van der Waals surface area contributed by atoms with Gasteiger partial charge in [0.05, 0.1) is 22.7 Å². The van der Waals surface area contributed by atoms with Gasteiger partial charge >= 0.3 is 5.69 Å². The van der Waals surface area contributed by atoms with Gasteiger partial charge < -0.3 is 5.32 Å². The van der Waals surface area contributed by atoms with E-state index in [1.54, 1.807) is 21.3 Å². The Balaban J connectivity index is 1.77. The fraction of sp³-hybridized carbons (Fsp3) is 0.211. The number of anilines is 2. The zero-order valence-electron chi connectivity index (χ0n) is 14.5. The minimum Gasteiger partial charge on any atom is -0.339 e. The van der Waals surface area contributed by atoms with E-state index in [-0.39, 0.29) is 11.2 Å². The van der Waals surface area contributed by atoms with Crippen molar-refractivity contribution in [3.8, 4) is 0 Å². The highest BCUT2D eigenvalue weighted by atomic mass is 19.1. The second-order valence-electron chi connectivity index (χ2n) is 5.96. The van der Waals surface area contributed by atoms with Crippen molar-refractivity contribution in [3.05, 3.63) is 58.9 Å². The summed E-state index contributed by atoms with van der Waals surface area (Å²) in [6.07, 6.45) is 1.50. The molecule has 0 aliphatic carbocycles. The second-order valence-corrected chi connectivity index (χ2v) is 5.96. The Kier molecular flexibility index (Phi) is 3.91. The van der Waals surface area contributed by atoms with Gasteiger partial charge in [-0.2, -0.15) is 0 Å². The Hall–Kier alpha value is -3.22. The minimum atomic E-state index is -0.393. The number of hydrogen-bond donors (Lipinski definition) is 1. The fourth-order valence-electron chi connectivity index (χ4n) is 3.22. The zero-order valence-corrected chi connectivity index (χ0v) is 14.5. The Morgan fingerprint density at radius 3 is 2.62 bits per heavy atom. The van der Waals surface area contributed by atoms with Gasteiger partial charge in [-0.1, -0.05) is 6.07 Å². The van der Waals surface area contributed by atoms with E-state index in [1.165, 1.54) is 12.3 Å². The van der Waals surface area contributed by atoms with Crippen LogP contribution in [0.2, 0.25) is 0 Å². The summed E-state index contributed by atoms with van der Waals surface area (Å²) in [7, 11) is 0. The van der Waals surface area contributed by atoms with Crippen LogP contribution in [0.3, 0.4) is 0 Å². The van der Waals surface area contributed by atoms with Gasteiger partial charge in [0.2, 0.25) is 0 Å². The molecule has 0 saturated carbocycles. The average molecular weight is 351 g/mol. The molecule has 0 bridgehead atoms. The van der Waals surface area contributed by atoms with Crippen molar-refractivity contribution in [2.75, 3.05) is 5.32 Å². The Labute approximate surface area is 148 Å². The van der Waals surface area contributed by atoms with E-state index in [1.807, 2.05) is 32.0 Å². The topological polar surface area (TPSA) is 64.7 Å². The normalized spacial score (nSPS) is 11.3.